The van der Waals surface area contributed by atoms with Gasteiger partial charge in [0.1, 0.15) is 6.04 Å². The summed E-state index contributed by atoms with van der Waals surface area (Å²) in [5, 5.41) is 11.7. The zero-order valence-electron chi connectivity index (χ0n) is 9.07. The fourth-order valence-electron chi connectivity index (χ4n) is 1.56. The summed E-state index contributed by atoms with van der Waals surface area (Å²) in [6.07, 6.45) is 2.24. The number of hydrogen-bond acceptors (Lipinski definition) is 4. The van der Waals surface area contributed by atoms with E-state index >= 15 is 0 Å². The molecule has 0 aliphatic carbocycles. The summed E-state index contributed by atoms with van der Waals surface area (Å²) < 4.78 is 10.7. The van der Waals surface area contributed by atoms with E-state index in [1.165, 1.54) is 0 Å². The lowest BCUT2D eigenvalue weighted by molar-refractivity contribution is -0.141. The molecule has 1 heterocycles. The Kier molecular flexibility index (Phi) is 5.60. The summed E-state index contributed by atoms with van der Waals surface area (Å²) in [6, 6.07) is -0.614. The maximum absolute atomic E-state index is 10.7. The molecular weight excluding hydrogens is 198 g/mol. The average Bonchev–Trinajstić information content (AvgIpc) is 2.69. The highest BCUT2D eigenvalue weighted by molar-refractivity contribution is 5.73. The molecule has 5 heteroatoms. The number of nitrogens with one attached hydrogen (secondary N) is 1. The van der Waals surface area contributed by atoms with Crippen molar-refractivity contribution in [3.05, 3.63) is 0 Å². The van der Waals surface area contributed by atoms with Crippen molar-refractivity contribution in [1.29, 1.82) is 0 Å². The van der Waals surface area contributed by atoms with Gasteiger partial charge in [-0.15, -0.1) is 0 Å². The van der Waals surface area contributed by atoms with Crippen LogP contribution in [0.2, 0.25) is 0 Å². The normalized spacial score (nSPS) is 22.9. The van der Waals surface area contributed by atoms with Crippen LogP contribution < -0.4 is 5.32 Å². The van der Waals surface area contributed by atoms with Gasteiger partial charge in [0.15, 0.2) is 0 Å². The van der Waals surface area contributed by atoms with Gasteiger partial charge in [-0.25, -0.2) is 0 Å². The van der Waals surface area contributed by atoms with Crippen LogP contribution in [0.3, 0.4) is 0 Å². The molecule has 0 bridgehead atoms. The zero-order valence-corrected chi connectivity index (χ0v) is 9.07. The van der Waals surface area contributed by atoms with Crippen LogP contribution in [0.4, 0.5) is 0 Å². The molecule has 0 aromatic rings. The van der Waals surface area contributed by atoms with E-state index in [2.05, 4.69) is 5.32 Å². The van der Waals surface area contributed by atoms with Gasteiger partial charge in [0.2, 0.25) is 0 Å². The third kappa shape index (κ3) is 4.59. The largest absolute Gasteiger partial charge is 0.480 e. The van der Waals surface area contributed by atoms with E-state index in [1.807, 2.05) is 6.92 Å². The van der Waals surface area contributed by atoms with Crippen molar-refractivity contribution in [2.45, 2.75) is 31.9 Å². The van der Waals surface area contributed by atoms with E-state index in [4.69, 9.17) is 14.6 Å². The zero-order chi connectivity index (χ0) is 11.1. The molecule has 0 saturated carbocycles. The van der Waals surface area contributed by atoms with Crippen LogP contribution in [-0.2, 0) is 14.3 Å². The monoisotopic (exact) mass is 217 g/mol. The van der Waals surface area contributed by atoms with Crippen LogP contribution in [-0.4, -0.2) is 49.6 Å². The molecule has 1 rings (SSSR count). The number of rotatable bonds is 7. The molecule has 1 aliphatic rings. The van der Waals surface area contributed by atoms with E-state index in [-0.39, 0.29) is 12.7 Å². The number of carboxylic acid groups (broad SMARTS) is 1. The first-order chi connectivity index (χ1) is 7.24. The van der Waals surface area contributed by atoms with Crippen molar-refractivity contribution >= 4 is 5.97 Å². The number of carbonyl (C=O) groups is 1. The van der Waals surface area contributed by atoms with Gasteiger partial charge in [0.25, 0.3) is 0 Å². The van der Waals surface area contributed by atoms with Crippen molar-refractivity contribution in [3.63, 3.8) is 0 Å². The molecule has 0 radical (unpaired) electrons. The van der Waals surface area contributed by atoms with Crippen LogP contribution in [0.5, 0.6) is 0 Å². The Bertz CT molecular complexity index is 192. The van der Waals surface area contributed by atoms with Crippen molar-refractivity contribution in [3.8, 4) is 0 Å². The summed E-state index contributed by atoms with van der Waals surface area (Å²) in [4.78, 5) is 10.7. The molecule has 15 heavy (non-hydrogen) atoms. The minimum Gasteiger partial charge on any atom is -0.480 e. The van der Waals surface area contributed by atoms with E-state index < -0.39 is 12.0 Å². The molecule has 2 unspecified atom stereocenters. The lowest BCUT2D eigenvalue weighted by Crippen LogP contribution is -2.40. The van der Waals surface area contributed by atoms with Crippen LogP contribution in [0.25, 0.3) is 0 Å². The third-order valence-corrected chi connectivity index (χ3v) is 2.36. The molecule has 0 aromatic carbocycles. The van der Waals surface area contributed by atoms with Gasteiger partial charge in [-0.3, -0.25) is 4.79 Å². The second-order valence-corrected chi connectivity index (χ2v) is 3.62. The maximum Gasteiger partial charge on any atom is 0.323 e. The van der Waals surface area contributed by atoms with Gasteiger partial charge in [-0.2, -0.15) is 0 Å². The van der Waals surface area contributed by atoms with Crippen LogP contribution in [0.15, 0.2) is 0 Å². The fourth-order valence-corrected chi connectivity index (χ4v) is 1.56. The molecule has 2 atom stereocenters. The summed E-state index contributed by atoms with van der Waals surface area (Å²) >= 11 is 0. The number of likely N-dealkylation sites (N-methyl/N-ethyl adjacent to an activating group) is 1. The molecule has 0 aromatic heterocycles. The molecule has 5 nitrogen and oxygen atoms in total. The Labute approximate surface area is 89.8 Å². The number of ether oxygens (including phenoxy) is 2. The second-order valence-electron chi connectivity index (χ2n) is 3.62. The molecule has 1 saturated heterocycles. The lowest BCUT2D eigenvalue weighted by atomic mass is 10.2. The van der Waals surface area contributed by atoms with E-state index in [0.29, 0.717) is 13.2 Å². The average molecular weight is 217 g/mol. The predicted molar refractivity (Wildman–Crippen MR) is 54.9 cm³/mol. The summed E-state index contributed by atoms with van der Waals surface area (Å²) in [5.74, 6) is -0.871. The highest BCUT2D eigenvalue weighted by Gasteiger charge is 2.19. The fraction of sp³-hybridized carbons (Fsp3) is 0.900. The molecule has 1 fully saturated rings. The summed E-state index contributed by atoms with van der Waals surface area (Å²) in [6.45, 7) is 3.98. The number of aliphatic carboxylic acids is 1. The van der Waals surface area contributed by atoms with Crippen molar-refractivity contribution in [2.24, 2.45) is 0 Å². The molecule has 0 spiro atoms. The Morgan fingerprint density at radius 1 is 1.73 bits per heavy atom. The van der Waals surface area contributed by atoms with Gasteiger partial charge in [0, 0.05) is 6.61 Å². The summed E-state index contributed by atoms with van der Waals surface area (Å²) in [5.41, 5.74) is 0. The topological polar surface area (TPSA) is 67.8 Å². The SMILES string of the molecule is CCNC(COCC1CCCO1)C(=O)O. The Hall–Kier alpha value is -0.650. The molecule has 1 aliphatic heterocycles. The standard InChI is InChI=1S/C10H19NO4/c1-2-11-9(10(12)13)7-14-6-8-4-3-5-15-8/h8-9,11H,2-7H2,1H3,(H,12,13). The van der Waals surface area contributed by atoms with Gasteiger partial charge in [-0.1, -0.05) is 6.92 Å². The number of carboxylic acids is 1. The van der Waals surface area contributed by atoms with Crippen LogP contribution >= 0.6 is 0 Å². The van der Waals surface area contributed by atoms with Crippen LogP contribution in [0, 0.1) is 0 Å². The predicted octanol–water partition coefficient (Wildman–Crippen LogP) is 0.245. The first-order valence-corrected chi connectivity index (χ1v) is 5.39. The van der Waals surface area contributed by atoms with Crippen molar-refractivity contribution < 1.29 is 19.4 Å². The molecule has 88 valence electrons. The van der Waals surface area contributed by atoms with Crippen molar-refractivity contribution in [2.75, 3.05) is 26.4 Å². The van der Waals surface area contributed by atoms with Gasteiger partial charge >= 0.3 is 5.97 Å². The lowest BCUT2D eigenvalue weighted by Gasteiger charge is -2.15. The minimum atomic E-state index is -0.871. The first-order valence-electron chi connectivity index (χ1n) is 5.39. The quantitative estimate of drug-likeness (QED) is 0.639. The van der Waals surface area contributed by atoms with Gasteiger partial charge in [-0.05, 0) is 19.4 Å². The Balaban J connectivity index is 2.12. The second kappa shape index (κ2) is 6.76. The molecular formula is C10H19NO4. The summed E-state index contributed by atoms with van der Waals surface area (Å²) in [7, 11) is 0. The van der Waals surface area contributed by atoms with E-state index in [0.717, 1.165) is 19.4 Å². The first kappa shape index (κ1) is 12.4. The maximum atomic E-state index is 10.7. The van der Waals surface area contributed by atoms with Gasteiger partial charge in [0.05, 0.1) is 19.3 Å². The van der Waals surface area contributed by atoms with E-state index in [1.54, 1.807) is 0 Å². The molecule has 0 amide bonds. The third-order valence-electron chi connectivity index (χ3n) is 2.36. The van der Waals surface area contributed by atoms with E-state index in [9.17, 15) is 4.79 Å². The molecule has 2 N–H and O–H groups in total. The Morgan fingerprint density at radius 3 is 3.07 bits per heavy atom. The number of hydrogen-bond donors (Lipinski definition) is 2. The smallest absolute Gasteiger partial charge is 0.323 e. The highest BCUT2D eigenvalue weighted by atomic mass is 16.5. The van der Waals surface area contributed by atoms with Gasteiger partial charge < -0.3 is 19.9 Å². The highest BCUT2D eigenvalue weighted by Crippen LogP contribution is 2.11. The van der Waals surface area contributed by atoms with Crippen LogP contribution in [0.1, 0.15) is 19.8 Å². The Morgan fingerprint density at radius 2 is 2.53 bits per heavy atom. The minimum absolute atomic E-state index is 0.154. The van der Waals surface area contributed by atoms with Crippen molar-refractivity contribution in [1.82, 2.24) is 5.32 Å².